The standard InChI is InChI=1S/C18H16ClN3O5S/c1-21-10(7-13(23)22(2)18(21)26)9-27-14(24)8-20-17(25)16-15(19)11-5-3-4-6-12(11)28-16/h3-7H,8-9H2,1-2H3,(H,20,25). The van der Waals surface area contributed by atoms with Crippen molar-refractivity contribution in [3.63, 3.8) is 0 Å². The number of aromatic nitrogens is 2. The molecule has 3 aromatic rings. The van der Waals surface area contributed by atoms with Crippen molar-refractivity contribution in [2.24, 2.45) is 14.1 Å². The van der Waals surface area contributed by atoms with Gasteiger partial charge in [-0.15, -0.1) is 11.3 Å². The van der Waals surface area contributed by atoms with Crippen LogP contribution in [0.3, 0.4) is 0 Å². The molecule has 146 valence electrons. The number of hydrogen-bond acceptors (Lipinski definition) is 6. The highest BCUT2D eigenvalue weighted by atomic mass is 35.5. The van der Waals surface area contributed by atoms with Crippen LogP contribution in [0.5, 0.6) is 0 Å². The molecule has 0 aliphatic heterocycles. The second-order valence-electron chi connectivity index (χ2n) is 5.96. The van der Waals surface area contributed by atoms with Crippen LogP contribution in [-0.4, -0.2) is 27.6 Å². The Morgan fingerprint density at radius 1 is 1.18 bits per heavy atom. The van der Waals surface area contributed by atoms with Crippen molar-refractivity contribution in [2.75, 3.05) is 6.54 Å². The van der Waals surface area contributed by atoms with Gasteiger partial charge in [-0.3, -0.25) is 23.5 Å². The Hall–Kier alpha value is -2.91. The quantitative estimate of drug-likeness (QED) is 0.628. The van der Waals surface area contributed by atoms with Crippen LogP contribution in [0.2, 0.25) is 5.02 Å². The van der Waals surface area contributed by atoms with Crippen molar-refractivity contribution in [1.29, 1.82) is 0 Å². The number of halogens is 1. The molecule has 0 saturated carbocycles. The number of benzene rings is 1. The summed E-state index contributed by atoms with van der Waals surface area (Å²) in [6, 6.07) is 8.55. The number of nitrogens with one attached hydrogen (secondary N) is 1. The summed E-state index contributed by atoms with van der Waals surface area (Å²) < 4.78 is 8.07. The fourth-order valence-corrected chi connectivity index (χ4v) is 3.95. The summed E-state index contributed by atoms with van der Waals surface area (Å²) >= 11 is 7.47. The Labute approximate surface area is 167 Å². The van der Waals surface area contributed by atoms with E-state index in [1.807, 2.05) is 24.3 Å². The maximum absolute atomic E-state index is 12.3. The zero-order valence-corrected chi connectivity index (χ0v) is 16.6. The fourth-order valence-electron chi connectivity index (χ4n) is 2.52. The van der Waals surface area contributed by atoms with Crippen molar-refractivity contribution in [2.45, 2.75) is 6.61 Å². The fraction of sp³-hybridized carbons (Fsp3) is 0.222. The number of amides is 1. The number of rotatable bonds is 5. The topological polar surface area (TPSA) is 99.4 Å². The van der Waals surface area contributed by atoms with Crippen LogP contribution in [-0.2, 0) is 30.2 Å². The van der Waals surface area contributed by atoms with E-state index in [0.717, 1.165) is 14.7 Å². The minimum atomic E-state index is -0.710. The van der Waals surface area contributed by atoms with Gasteiger partial charge in [-0.2, -0.15) is 0 Å². The summed E-state index contributed by atoms with van der Waals surface area (Å²) in [6.45, 7) is -0.637. The Bertz CT molecular complexity index is 1190. The third-order valence-corrected chi connectivity index (χ3v) is 5.81. The summed E-state index contributed by atoms with van der Waals surface area (Å²) in [4.78, 5) is 48.1. The van der Waals surface area contributed by atoms with Crippen LogP contribution in [0.1, 0.15) is 15.4 Å². The van der Waals surface area contributed by atoms with E-state index in [4.69, 9.17) is 16.3 Å². The third-order valence-electron chi connectivity index (χ3n) is 4.14. The minimum Gasteiger partial charge on any atom is -0.458 e. The second kappa shape index (κ2) is 7.99. The SMILES string of the molecule is Cn1c(COC(=O)CNC(=O)c2sc3ccccc3c2Cl)cc(=O)n(C)c1=O. The van der Waals surface area contributed by atoms with Gasteiger partial charge >= 0.3 is 11.7 Å². The number of carbonyl (C=O) groups is 2. The summed E-state index contributed by atoms with van der Waals surface area (Å²) in [5.41, 5.74) is -0.770. The van der Waals surface area contributed by atoms with E-state index in [-0.39, 0.29) is 18.8 Å². The van der Waals surface area contributed by atoms with E-state index in [2.05, 4.69) is 5.32 Å². The molecule has 1 N–H and O–H groups in total. The van der Waals surface area contributed by atoms with Crippen molar-refractivity contribution in [3.8, 4) is 0 Å². The lowest BCUT2D eigenvalue weighted by Gasteiger charge is -2.10. The van der Waals surface area contributed by atoms with Crippen LogP contribution in [0, 0.1) is 0 Å². The van der Waals surface area contributed by atoms with Crippen LogP contribution in [0.4, 0.5) is 0 Å². The molecule has 0 radical (unpaired) electrons. The zero-order chi connectivity index (χ0) is 20.4. The maximum Gasteiger partial charge on any atom is 0.330 e. The molecular formula is C18H16ClN3O5S. The Balaban J connectivity index is 1.61. The number of esters is 1. The summed E-state index contributed by atoms with van der Waals surface area (Å²) in [7, 11) is 2.82. The molecule has 0 aliphatic rings. The van der Waals surface area contributed by atoms with E-state index in [9.17, 15) is 19.2 Å². The first kappa shape index (κ1) is 19.8. The first-order chi connectivity index (χ1) is 13.3. The summed E-state index contributed by atoms with van der Waals surface area (Å²) in [6.07, 6.45) is 0. The molecule has 0 fully saturated rings. The number of ether oxygens (including phenoxy) is 1. The molecule has 8 nitrogen and oxygen atoms in total. The number of nitrogens with zero attached hydrogens (tertiary/aromatic N) is 2. The van der Waals surface area contributed by atoms with Gasteiger partial charge in [0, 0.05) is 30.2 Å². The highest BCUT2D eigenvalue weighted by molar-refractivity contribution is 7.21. The van der Waals surface area contributed by atoms with Gasteiger partial charge in [-0.05, 0) is 6.07 Å². The largest absolute Gasteiger partial charge is 0.458 e. The first-order valence-corrected chi connectivity index (χ1v) is 9.36. The number of fused-ring (bicyclic) bond motifs is 1. The molecule has 0 bridgehead atoms. The van der Waals surface area contributed by atoms with Gasteiger partial charge < -0.3 is 10.1 Å². The Morgan fingerprint density at radius 3 is 2.61 bits per heavy atom. The number of carbonyl (C=O) groups excluding carboxylic acids is 2. The zero-order valence-electron chi connectivity index (χ0n) is 15.0. The van der Waals surface area contributed by atoms with E-state index in [0.29, 0.717) is 9.90 Å². The van der Waals surface area contributed by atoms with Crippen molar-refractivity contribution >= 4 is 44.9 Å². The van der Waals surface area contributed by atoms with E-state index in [1.54, 1.807) is 0 Å². The maximum atomic E-state index is 12.3. The van der Waals surface area contributed by atoms with Crippen molar-refractivity contribution in [1.82, 2.24) is 14.5 Å². The van der Waals surface area contributed by atoms with Crippen LogP contribution >= 0.6 is 22.9 Å². The van der Waals surface area contributed by atoms with Gasteiger partial charge in [-0.1, -0.05) is 29.8 Å². The minimum absolute atomic E-state index is 0.250. The van der Waals surface area contributed by atoms with Gasteiger partial charge in [0.2, 0.25) is 0 Å². The smallest absolute Gasteiger partial charge is 0.330 e. The molecular weight excluding hydrogens is 406 g/mol. The van der Waals surface area contributed by atoms with E-state index in [1.165, 1.54) is 36.1 Å². The van der Waals surface area contributed by atoms with Gasteiger partial charge in [-0.25, -0.2) is 4.79 Å². The van der Waals surface area contributed by atoms with Gasteiger partial charge in [0.25, 0.3) is 11.5 Å². The summed E-state index contributed by atoms with van der Waals surface area (Å²) in [5.74, 6) is -1.19. The molecule has 1 amide bonds. The summed E-state index contributed by atoms with van der Waals surface area (Å²) in [5, 5.41) is 3.57. The van der Waals surface area contributed by atoms with Crippen LogP contribution < -0.4 is 16.6 Å². The molecule has 2 aromatic heterocycles. The lowest BCUT2D eigenvalue weighted by molar-refractivity contribution is -0.143. The highest BCUT2D eigenvalue weighted by Gasteiger charge is 2.18. The Kier molecular flexibility index (Phi) is 5.66. The van der Waals surface area contributed by atoms with E-state index < -0.39 is 23.1 Å². The molecule has 0 aliphatic carbocycles. The molecule has 10 heteroatoms. The molecule has 2 heterocycles. The van der Waals surface area contributed by atoms with Crippen molar-refractivity contribution < 1.29 is 14.3 Å². The van der Waals surface area contributed by atoms with Crippen molar-refractivity contribution in [3.05, 3.63) is 66.8 Å². The monoisotopic (exact) mass is 421 g/mol. The Morgan fingerprint density at radius 2 is 1.89 bits per heavy atom. The molecule has 0 spiro atoms. The van der Waals surface area contributed by atoms with E-state index >= 15 is 0 Å². The average Bonchev–Trinajstić information content (AvgIpc) is 3.03. The molecule has 0 saturated heterocycles. The molecule has 1 aromatic carbocycles. The molecule has 3 rings (SSSR count). The first-order valence-electron chi connectivity index (χ1n) is 8.16. The van der Waals surface area contributed by atoms with Gasteiger partial charge in [0.1, 0.15) is 18.0 Å². The molecule has 0 atom stereocenters. The number of thiophene rings is 1. The predicted octanol–water partition coefficient (Wildman–Crippen LogP) is 1.43. The van der Waals surface area contributed by atoms with Gasteiger partial charge in [0.15, 0.2) is 0 Å². The average molecular weight is 422 g/mol. The lowest BCUT2D eigenvalue weighted by Crippen LogP contribution is -2.38. The van der Waals surface area contributed by atoms with Gasteiger partial charge in [0.05, 0.1) is 10.7 Å². The van der Waals surface area contributed by atoms with Crippen LogP contribution in [0.25, 0.3) is 10.1 Å². The second-order valence-corrected chi connectivity index (χ2v) is 7.39. The predicted molar refractivity (Wildman–Crippen MR) is 106 cm³/mol. The normalized spacial score (nSPS) is 10.8. The molecule has 0 unspecified atom stereocenters. The third kappa shape index (κ3) is 3.85. The molecule has 28 heavy (non-hydrogen) atoms. The van der Waals surface area contributed by atoms with Crippen LogP contribution in [0.15, 0.2) is 39.9 Å². The highest BCUT2D eigenvalue weighted by Crippen LogP contribution is 2.34. The number of hydrogen-bond donors (Lipinski definition) is 1. The lowest BCUT2D eigenvalue weighted by atomic mass is 10.2.